The van der Waals surface area contributed by atoms with E-state index in [1.165, 1.54) is 0 Å². The molecule has 19 heavy (non-hydrogen) atoms. The lowest BCUT2D eigenvalue weighted by Gasteiger charge is -2.06. The zero-order valence-corrected chi connectivity index (χ0v) is 11.1. The van der Waals surface area contributed by atoms with Gasteiger partial charge in [0.2, 0.25) is 5.91 Å². The van der Waals surface area contributed by atoms with Gasteiger partial charge in [0, 0.05) is 25.4 Å². The molecule has 0 saturated carbocycles. The standard InChI is InChI=1S/C15H19N3O/c1-12-5-2-3-6-13(12)11-15(19)18-8-4-7-14-16-9-10-17-14/h2-3,5-6,9-10H,4,7-8,11H2,1H3,(H,16,17)(H,18,19). The Balaban J connectivity index is 1.69. The fraction of sp³-hybridized carbons (Fsp3) is 0.333. The summed E-state index contributed by atoms with van der Waals surface area (Å²) >= 11 is 0. The van der Waals surface area contributed by atoms with Crippen LogP contribution in [0.4, 0.5) is 0 Å². The Morgan fingerprint density at radius 1 is 1.37 bits per heavy atom. The van der Waals surface area contributed by atoms with E-state index in [4.69, 9.17) is 0 Å². The second kappa shape index (κ2) is 6.73. The number of H-pyrrole nitrogens is 1. The molecule has 0 atom stereocenters. The van der Waals surface area contributed by atoms with Gasteiger partial charge in [-0.3, -0.25) is 4.79 Å². The molecule has 2 rings (SSSR count). The van der Waals surface area contributed by atoms with Crippen LogP contribution in [0.15, 0.2) is 36.7 Å². The van der Waals surface area contributed by atoms with Gasteiger partial charge in [-0.2, -0.15) is 0 Å². The summed E-state index contributed by atoms with van der Waals surface area (Å²) in [5.74, 6) is 1.04. The van der Waals surface area contributed by atoms with Gasteiger partial charge in [-0.15, -0.1) is 0 Å². The lowest BCUT2D eigenvalue weighted by molar-refractivity contribution is -0.120. The Kier molecular flexibility index (Phi) is 4.72. The van der Waals surface area contributed by atoms with Crippen molar-refractivity contribution in [2.24, 2.45) is 0 Å². The van der Waals surface area contributed by atoms with Crippen molar-refractivity contribution in [1.29, 1.82) is 0 Å². The minimum Gasteiger partial charge on any atom is -0.356 e. The first-order valence-corrected chi connectivity index (χ1v) is 6.55. The molecule has 4 nitrogen and oxygen atoms in total. The van der Waals surface area contributed by atoms with Crippen LogP contribution in [-0.2, 0) is 17.6 Å². The van der Waals surface area contributed by atoms with Gasteiger partial charge < -0.3 is 10.3 Å². The van der Waals surface area contributed by atoms with E-state index in [-0.39, 0.29) is 5.91 Å². The van der Waals surface area contributed by atoms with E-state index in [1.807, 2.05) is 37.4 Å². The summed E-state index contributed by atoms with van der Waals surface area (Å²) in [5, 5.41) is 2.94. The molecule has 0 aliphatic heterocycles. The van der Waals surface area contributed by atoms with Crippen LogP contribution in [0.3, 0.4) is 0 Å². The Hall–Kier alpha value is -2.10. The Bertz CT molecular complexity index is 520. The molecule has 2 N–H and O–H groups in total. The third kappa shape index (κ3) is 4.25. The number of aromatic amines is 1. The average Bonchev–Trinajstić information content (AvgIpc) is 2.91. The van der Waals surface area contributed by atoms with Crippen molar-refractivity contribution in [3.63, 3.8) is 0 Å². The highest BCUT2D eigenvalue weighted by atomic mass is 16.1. The number of nitrogens with one attached hydrogen (secondary N) is 2. The van der Waals surface area contributed by atoms with Gasteiger partial charge in [-0.25, -0.2) is 4.98 Å². The molecule has 0 aliphatic carbocycles. The van der Waals surface area contributed by atoms with Crippen molar-refractivity contribution in [2.45, 2.75) is 26.2 Å². The minimum absolute atomic E-state index is 0.0775. The smallest absolute Gasteiger partial charge is 0.224 e. The fourth-order valence-electron chi connectivity index (χ4n) is 1.96. The Morgan fingerprint density at radius 3 is 2.95 bits per heavy atom. The van der Waals surface area contributed by atoms with Gasteiger partial charge in [-0.1, -0.05) is 24.3 Å². The molecule has 4 heteroatoms. The highest BCUT2D eigenvalue weighted by Gasteiger charge is 2.04. The van der Waals surface area contributed by atoms with Crippen LogP contribution >= 0.6 is 0 Å². The van der Waals surface area contributed by atoms with Crippen molar-refractivity contribution in [2.75, 3.05) is 6.54 Å². The summed E-state index contributed by atoms with van der Waals surface area (Å²) in [6.45, 7) is 2.71. The van der Waals surface area contributed by atoms with Crippen molar-refractivity contribution < 1.29 is 4.79 Å². The number of nitrogens with zero attached hydrogens (tertiary/aromatic N) is 1. The van der Waals surface area contributed by atoms with E-state index in [0.29, 0.717) is 13.0 Å². The first kappa shape index (κ1) is 13.3. The number of carbonyl (C=O) groups is 1. The number of aromatic nitrogens is 2. The number of hydrogen-bond acceptors (Lipinski definition) is 2. The van der Waals surface area contributed by atoms with Crippen LogP contribution in [0.5, 0.6) is 0 Å². The number of benzene rings is 1. The van der Waals surface area contributed by atoms with Gasteiger partial charge in [-0.05, 0) is 24.5 Å². The summed E-state index contributed by atoms with van der Waals surface area (Å²) in [7, 11) is 0. The van der Waals surface area contributed by atoms with E-state index in [0.717, 1.165) is 29.8 Å². The summed E-state index contributed by atoms with van der Waals surface area (Å²) in [4.78, 5) is 19.0. The van der Waals surface area contributed by atoms with Gasteiger partial charge in [0.25, 0.3) is 0 Å². The highest BCUT2D eigenvalue weighted by Crippen LogP contribution is 2.07. The van der Waals surface area contributed by atoms with E-state index >= 15 is 0 Å². The molecule has 1 amide bonds. The second-order valence-corrected chi connectivity index (χ2v) is 4.59. The molecule has 1 heterocycles. The molecule has 0 saturated heterocycles. The molecule has 0 aliphatic rings. The maximum Gasteiger partial charge on any atom is 0.224 e. The van der Waals surface area contributed by atoms with Gasteiger partial charge in [0.15, 0.2) is 0 Å². The van der Waals surface area contributed by atoms with Crippen LogP contribution in [0.1, 0.15) is 23.4 Å². The third-order valence-corrected chi connectivity index (χ3v) is 3.08. The summed E-state index contributed by atoms with van der Waals surface area (Å²) < 4.78 is 0. The van der Waals surface area contributed by atoms with E-state index in [1.54, 1.807) is 6.20 Å². The largest absolute Gasteiger partial charge is 0.356 e. The maximum absolute atomic E-state index is 11.8. The van der Waals surface area contributed by atoms with Crippen molar-refractivity contribution in [3.8, 4) is 0 Å². The summed E-state index contributed by atoms with van der Waals surface area (Å²) in [5.41, 5.74) is 2.25. The predicted octanol–water partition coefficient (Wildman–Crippen LogP) is 2.01. The van der Waals surface area contributed by atoms with Crippen molar-refractivity contribution in [1.82, 2.24) is 15.3 Å². The normalized spacial score (nSPS) is 10.4. The third-order valence-electron chi connectivity index (χ3n) is 3.08. The summed E-state index contributed by atoms with van der Waals surface area (Å²) in [6.07, 6.45) is 5.76. The zero-order chi connectivity index (χ0) is 13.5. The average molecular weight is 257 g/mol. The molecule has 0 radical (unpaired) electrons. The van der Waals surface area contributed by atoms with Crippen molar-refractivity contribution >= 4 is 5.91 Å². The molecule has 2 aromatic rings. The zero-order valence-electron chi connectivity index (χ0n) is 11.1. The van der Waals surface area contributed by atoms with Gasteiger partial charge in [0.1, 0.15) is 5.82 Å². The van der Waals surface area contributed by atoms with E-state index in [2.05, 4.69) is 15.3 Å². The number of imidazole rings is 1. The van der Waals surface area contributed by atoms with Crippen LogP contribution in [0, 0.1) is 6.92 Å². The molecule has 0 spiro atoms. The number of amides is 1. The predicted molar refractivity (Wildman–Crippen MR) is 74.8 cm³/mol. The Morgan fingerprint density at radius 2 is 2.21 bits per heavy atom. The number of carbonyl (C=O) groups excluding carboxylic acids is 1. The van der Waals surface area contributed by atoms with Crippen LogP contribution in [-0.4, -0.2) is 22.4 Å². The summed E-state index contributed by atoms with van der Waals surface area (Å²) in [6, 6.07) is 7.98. The SMILES string of the molecule is Cc1ccccc1CC(=O)NCCCc1ncc[nH]1. The molecule has 1 aromatic heterocycles. The molecule has 0 bridgehead atoms. The topological polar surface area (TPSA) is 57.8 Å². The number of rotatable bonds is 6. The lowest BCUT2D eigenvalue weighted by Crippen LogP contribution is -2.26. The number of hydrogen-bond donors (Lipinski definition) is 2. The minimum atomic E-state index is 0.0775. The molecule has 0 fully saturated rings. The van der Waals surface area contributed by atoms with Crippen LogP contribution in [0.25, 0.3) is 0 Å². The van der Waals surface area contributed by atoms with Crippen molar-refractivity contribution in [3.05, 3.63) is 53.6 Å². The van der Waals surface area contributed by atoms with E-state index < -0.39 is 0 Å². The molecule has 1 aromatic carbocycles. The van der Waals surface area contributed by atoms with E-state index in [9.17, 15) is 4.79 Å². The maximum atomic E-state index is 11.8. The molecular weight excluding hydrogens is 238 g/mol. The van der Waals surface area contributed by atoms with Gasteiger partial charge in [0.05, 0.1) is 6.42 Å². The fourth-order valence-corrected chi connectivity index (χ4v) is 1.96. The van der Waals surface area contributed by atoms with Crippen LogP contribution < -0.4 is 5.32 Å². The monoisotopic (exact) mass is 257 g/mol. The molecule has 0 unspecified atom stereocenters. The van der Waals surface area contributed by atoms with Gasteiger partial charge >= 0.3 is 0 Å². The highest BCUT2D eigenvalue weighted by molar-refractivity contribution is 5.78. The Labute approximate surface area is 113 Å². The number of aryl methyl sites for hydroxylation is 2. The molecule has 100 valence electrons. The lowest BCUT2D eigenvalue weighted by atomic mass is 10.1. The second-order valence-electron chi connectivity index (χ2n) is 4.59. The first-order chi connectivity index (χ1) is 9.25. The van der Waals surface area contributed by atoms with Crippen LogP contribution in [0.2, 0.25) is 0 Å². The first-order valence-electron chi connectivity index (χ1n) is 6.55. The quantitative estimate of drug-likeness (QED) is 0.778. The molecular formula is C15H19N3O.